The highest BCUT2D eigenvalue weighted by molar-refractivity contribution is 5.78. The van der Waals surface area contributed by atoms with E-state index < -0.39 is 11.5 Å². The van der Waals surface area contributed by atoms with Crippen LogP contribution < -0.4 is 5.32 Å². The Kier molecular flexibility index (Phi) is 5.24. The van der Waals surface area contributed by atoms with Gasteiger partial charge in [-0.1, -0.05) is 6.92 Å². The first kappa shape index (κ1) is 14.4. The summed E-state index contributed by atoms with van der Waals surface area (Å²) < 4.78 is 5.26. The van der Waals surface area contributed by atoms with Crippen LogP contribution in [0.15, 0.2) is 0 Å². The summed E-state index contributed by atoms with van der Waals surface area (Å²) in [5.41, 5.74) is -1.04. The van der Waals surface area contributed by atoms with E-state index in [4.69, 9.17) is 9.84 Å². The summed E-state index contributed by atoms with van der Waals surface area (Å²) in [5.74, 6) is -0.805. The number of methoxy groups -OCH3 is 1. The van der Waals surface area contributed by atoms with Gasteiger partial charge in [-0.05, 0) is 40.2 Å². The third-order valence-corrected chi connectivity index (χ3v) is 2.97. The van der Waals surface area contributed by atoms with Crippen LogP contribution in [0.3, 0.4) is 0 Å². The SMILES string of the molecule is CCC(C)(NCCC(C)(C)OC)C(=O)O. The lowest BCUT2D eigenvalue weighted by atomic mass is 9.98. The third kappa shape index (κ3) is 4.62. The molecule has 0 aromatic carbocycles. The highest BCUT2D eigenvalue weighted by atomic mass is 16.5. The molecule has 0 amide bonds. The van der Waals surface area contributed by atoms with Crippen molar-refractivity contribution in [3.63, 3.8) is 0 Å². The van der Waals surface area contributed by atoms with Crippen molar-refractivity contribution in [2.24, 2.45) is 0 Å². The first-order valence-corrected chi connectivity index (χ1v) is 5.31. The summed E-state index contributed by atoms with van der Waals surface area (Å²) in [5, 5.41) is 12.1. The third-order valence-electron chi connectivity index (χ3n) is 2.97. The van der Waals surface area contributed by atoms with Gasteiger partial charge in [0.2, 0.25) is 0 Å². The average molecular weight is 217 g/mol. The molecule has 0 aliphatic carbocycles. The highest BCUT2D eigenvalue weighted by Crippen LogP contribution is 2.14. The molecule has 90 valence electrons. The molecule has 0 aliphatic heterocycles. The Morgan fingerprint density at radius 1 is 1.40 bits per heavy atom. The Morgan fingerprint density at radius 3 is 2.27 bits per heavy atom. The van der Waals surface area contributed by atoms with Crippen LogP contribution in [0.5, 0.6) is 0 Å². The van der Waals surface area contributed by atoms with Crippen LogP contribution in [0, 0.1) is 0 Å². The molecule has 0 bridgehead atoms. The van der Waals surface area contributed by atoms with Gasteiger partial charge in [0.05, 0.1) is 5.60 Å². The van der Waals surface area contributed by atoms with E-state index >= 15 is 0 Å². The minimum absolute atomic E-state index is 0.208. The molecular weight excluding hydrogens is 194 g/mol. The first-order valence-electron chi connectivity index (χ1n) is 5.31. The zero-order chi connectivity index (χ0) is 12.1. The van der Waals surface area contributed by atoms with Crippen LogP contribution in [-0.2, 0) is 9.53 Å². The van der Waals surface area contributed by atoms with E-state index in [1.54, 1.807) is 14.0 Å². The lowest BCUT2D eigenvalue weighted by molar-refractivity contribution is -0.144. The molecular formula is C11H23NO3. The van der Waals surface area contributed by atoms with Crippen LogP contribution >= 0.6 is 0 Å². The number of nitrogens with one attached hydrogen (secondary N) is 1. The van der Waals surface area contributed by atoms with Crippen molar-refractivity contribution in [2.75, 3.05) is 13.7 Å². The van der Waals surface area contributed by atoms with Gasteiger partial charge >= 0.3 is 5.97 Å². The van der Waals surface area contributed by atoms with Crippen LogP contribution in [0.25, 0.3) is 0 Å². The Bertz CT molecular complexity index is 216. The van der Waals surface area contributed by atoms with Gasteiger partial charge in [0.15, 0.2) is 0 Å². The molecule has 0 saturated carbocycles. The number of hydrogen-bond acceptors (Lipinski definition) is 3. The number of carboxylic acids is 1. The van der Waals surface area contributed by atoms with Crippen molar-refractivity contribution in [1.82, 2.24) is 5.32 Å². The fourth-order valence-electron chi connectivity index (χ4n) is 1.09. The second-order valence-corrected chi connectivity index (χ2v) is 4.63. The molecule has 2 N–H and O–H groups in total. The first-order chi connectivity index (χ1) is 6.77. The molecule has 0 aliphatic rings. The summed E-state index contributed by atoms with van der Waals surface area (Å²) in [7, 11) is 1.66. The van der Waals surface area contributed by atoms with Gasteiger partial charge in [-0.15, -0.1) is 0 Å². The number of carbonyl (C=O) groups is 1. The standard InChI is InChI=1S/C11H23NO3/c1-6-11(4,9(13)14)12-8-7-10(2,3)15-5/h12H,6-8H2,1-5H3,(H,13,14). The predicted molar refractivity (Wildman–Crippen MR) is 60.0 cm³/mol. The molecule has 1 atom stereocenters. The van der Waals surface area contributed by atoms with Crippen molar-refractivity contribution in [3.05, 3.63) is 0 Å². The van der Waals surface area contributed by atoms with Crippen molar-refractivity contribution < 1.29 is 14.6 Å². The van der Waals surface area contributed by atoms with Gasteiger partial charge < -0.3 is 15.2 Å². The number of ether oxygens (including phenoxy) is 1. The number of hydrogen-bond donors (Lipinski definition) is 2. The summed E-state index contributed by atoms with van der Waals surface area (Å²) in [6.07, 6.45) is 1.35. The number of aliphatic carboxylic acids is 1. The summed E-state index contributed by atoms with van der Waals surface area (Å²) in [6, 6.07) is 0. The molecule has 0 radical (unpaired) electrons. The van der Waals surface area contributed by atoms with E-state index in [1.807, 2.05) is 20.8 Å². The number of carboxylic acid groups (broad SMARTS) is 1. The van der Waals surface area contributed by atoms with Gasteiger partial charge in [0, 0.05) is 7.11 Å². The minimum Gasteiger partial charge on any atom is -0.480 e. The second kappa shape index (κ2) is 5.47. The second-order valence-electron chi connectivity index (χ2n) is 4.63. The van der Waals surface area contributed by atoms with E-state index in [2.05, 4.69) is 5.32 Å². The topological polar surface area (TPSA) is 58.6 Å². The molecule has 0 aromatic rings. The Labute approximate surface area is 92.0 Å². The lowest BCUT2D eigenvalue weighted by Crippen LogP contribution is -2.50. The molecule has 15 heavy (non-hydrogen) atoms. The largest absolute Gasteiger partial charge is 0.480 e. The van der Waals surface area contributed by atoms with E-state index in [0.717, 1.165) is 6.42 Å². The quantitative estimate of drug-likeness (QED) is 0.680. The van der Waals surface area contributed by atoms with Gasteiger partial charge in [-0.2, -0.15) is 0 Å². The average Bonchev–Trinajstić information content (AvgIpc) is 2.17. The maximum atomic E-state index is 11.0. The van der Waals surface area contributed by atoms with E-state index in [1.165, 1.54) is 0 Å². The minimum atomic E-state index is -0.830. The molecule has 0 heterocycles. The van der Waals surface area contributed by atoms with Crippen LogP contribution in [0.1, 0.15) is 40.5 Å². The van der Waals surface area contributed by atoms with Crippen LogP contribution in [0.4, 0.5) is 0 Å². The molecule has 1 unspecified atom stereocenters. The maximum Gasteiger partial charge on any atom is 0.323 e. The smallest absolute Gasteiger partial charge is 0.323 e. The van der Waals surface area contributed by atoms with Crippen molar-refractivity contribution in [2.45, 2.75) is 51.7 Å². The maximum absolute atomic E-state index is 11.0. The molecule has 4 nitrogen and oxygen atoms in total. The normalized spacial score (nSPS) is 16.1. The van der Waals surface area contributed by atoms with Crippen molar-refractivity contribution in [1.29, 1.82) is 0 Å². The monoisotopic (exact) mass is 217 g/mol. The zero-order valence-corrected chi connectivity index (χ0v) is 10.4. The Balaban J connectivity index is 4.09. The van der Waals surface area contributed by atoms with Gasteiger partial charge in [0.25, 0.3) is 0 Å². The summed E-state index contributed by atoms with van der Waals surface area (Å²) in [4.78, 5) is 11.0. The Morgan fingerprint density at radius 2 is 1.93 bits per heavy atom. The van der Waals surface area contributed by atoms with Crippen LogP contribution in [-0.4, -0.2) is 35.9 Å². The van der Waals surface area contributed by atoms with Gasteiger partial charge in [0.1, 0.15) is 5.54 Å². The van der Waals surface area contributed by atoms with E-state index in [9.17, 15) is 4.79 Å². The molecule has 0 aromatic heterocycles. The summed E-state index contributed by atoms with van der Waals surface area (Å²) in [6.45, 7) is 8.17. The lowest BCUT2D eigenvalue weighted by Gasteiger charge is -2.28. The van der Waals surface area contributed by atoms with Gasteiger partial charge in [-0.3, -0.25) is 4.79 Å². The molecule has 0 fully saturated rings. The molecule has 0 saturated heterocycles. The van der Waals surface area contributed by atoms with E-state index in [-0.39, 0.29) is 5.60 Å². The van der Waals surface area contributed by atoms with Crippen molar-refractivity contribution in [3.8, 4) is 0 Å². The highest BCUT2D eigenvalue weighted by Gasteiger charge is 2.30. The molecule has 4 heteroatoms. The molecule has 0 rings (SSSR count). The fraction of sp³-hybridized carbons (Fsp3) is 0.909. The van der Waals surface area contributed by atoms with Gasteiger partial charge in [-0.25, -0.2) is 0 Å². The zero-order valence-electron chi connectivity index (χ0n) is 10.4. The predicted octanol–water partition coefficient (Wildman–Crippen LogP) is 1.64. The fourth-order valence-corrected chi connectivity index (χ4v) is 1.09. The number of rotatable bonds is 7. The Hall–Kier alpha value is -0.610. The summed E-state index contributed by atoms with van der Waals surface area (Å²) >= 11 is 0. The van der Waals surface area contributed by atoms with Crippen LogP contribution in [0.2, 0.25) is 0 Å². The molecule has 0 spiro atoms. The van der Waals surface area contributed by atoms with E-state index in [0.29, 0.717) is 13.0 Å². The van der Waals surface area contributed by atoms with Crippen molar-refractivity contribution >= 4 is 5.97 Å².